The number of halogens is 4. The number of rotatable bonds is 12. The maximum atomic E-state index is 14.4. The summed E-state index contributed by atoms with van der Waals surface area (Å²) >= 11 is 0.948. The van der Waals surface area contributed by atoms with Crippen molar-refractivity contribution in [3.8, 4) is 11.5 Å². The summed E-state index contributed by atoms with van der Waals surface area (Å²) in [7, 11) is 2.90. The van der Waals surface area contributed by atoms with E-state index >= 15 is 0 Å². The van der Waals surface area contributed by atoms with Gasteiger partial charge < -0.3 is 25.4 Å². The van der Waals surface area contributed by atoms with Crippen LogP contribution in [-0.4, -0.2) is 31.9 Å². The zero-order valence-corrected chi connectivity index (χ0v) is 27.8. The van der Waals surface area contributed by atoms with Crippen LogP contribution in [0.4, 0.5) is 28.9 Å². The van der Waals surface area contributed by atoms with Gasteiger partial charge in [0.1, 0.15) is 16.6 Å². The summed E-state index contributed by atoms with van der Waals surface area (Å²) < 4.78 is 67.5. The van der Waals surface area contributed by atoms with Crippen LogP contribution in [0.25, 0.3) is 6.08 Å². The van der Waals surface area contributed by atoms with Crippen molar-refractivity contribution in [1.29, 1.82) is 0 Å². The average molecular weight is 716 g/mol. The number of nitrogens with one attached hydrogen (secondary N) is 3. The number of carbonyl (C=O) groups excluding carboxylic acids is 3. The average Bonchev–Trinajstić information content (AvgIpc) is 3.15. The molecule has 0 aliphatic rings. The molecule has 0 saturated heterocycles. The van der Waals surface area contributed by atoms with Crippen molar-refractivity contribution < 1.29 is 41.4 Å². The normalized spacial score (nSPS) is 11.7. The van der Waals surface area contributed by atoms with Gasteiger partial charge in [0.25, 0.3) is 11.8 Å². The molecular weight excluding hydrogens is 686 g/mol. The van der Waals surface area contributed by atoms with Gasteiger partial charge in [-0.05, 0) is 48.0 Å². The Labute approximate surface area is 294 Å². The molecular formula is C38H29F4N3O5S. The highest BCUT2D eigenvalue weighted by atomic mass is 32.2. The topological polar surface area (TPSA) is 106 Å². The van der Waals surface area contributed by atoms with Crippen molar-refractivity contribution in [3.05, 3.63) is 155 Å². The van der Waals surface area contributed by atoms with Crippen LogP contribution in [0, 0.1) is 23.3 Å². The second-order valence-corrected chi connectivity index (χ2v) is 11.9. The lowest BCUT2D eigenvalue weighted by Gasteiger charge is -2.18. The first-order valence-electron chi connectivity index (χ1n) is 15.2. The van der Waals surface area contributed by atoms with Crippen LogP contribution in [0.2, 0.25) is 0 Å². The van der Waals surface area contributed by atoms with Crippen molar-refractivity contribution in [1.82, 2.24) is 5.32 Å². The molecule has 0 aromatic heterocycles. The molecule has 0 aliphatic carbocycles. The van der Waals surface area contributed by atoms with Crippen molar-refractivity contribution in [2.24, 2.45) is 0 Å². The molecule has 0 fully saturated rings. The van der Waals surface area contributed by atoms with E-state index in [2.05, 4.69) is 10.6 Å². The van der Waals surface area contributed by atoms with Gasteiger partial charge >= 0.3 is 0 Å². The van der Waals surface area contributed by atoms with E-state index < -0.39 is 51.9 Å². The number of hydrogen-bond donors (Lipinski definition) is 3. The molecule has 5 rings (SSSR count). The Morgan fingerprint density at radius 2 is 1.37 bits per heavy atom. The smallest absolute Gasteiger partial charge is 0.272 e. The van der Waals surface area contributed by atoms with Crippen LogP contribution >= 0.6 is 11.8 Å². The number of methoxy groups -OCH3 is 2. The van der Waals surface area contributed by atoms with Crippen LogP contribution in [0.15, 0.2) is 120 Å². The number of hydrogen-bond acceptors (Lipinski definition) is 6. The van der Waals surface area contributed by atoms with Gasteiger partial charge in [0.2, 0.25) is 5.91 Å². The summed E-state index contributed by atoms with van der Waals surface area (Å²) in [6, 6.07) is 27.9. The van der Waals surface area contributed by atoms with Crippen LogP contribution in [-0.2, 0) is 9.59 Å². The van der Waals surface area contributed by atoms with Gasteiger partial charge in [-0.1, -0.05) is 66.7 Å². The van der Waals surface area contributed by atoms with E-state index in [-0.39, 0.29) is 17.5 Å². The first kappa shape index (κ1) is 36.2. The highest BCUT2D eigenvalue weighted by Crippen LogP contribution is 2.38. The number of carbonyl (C=O) groups is 3. The number of amides is 3. The van der Waals surface area contributed by atoms with Crippen LogP contribution in [0.3, 0.4) is 0 Å². The predicted molar refractivity (Wildman–Crippen MR) is 186 cm³/mol. The quantitative estimate of drug-likeness (QED) is 0.0522. The first-order valence-corrected chi connectivity index (χ1v) is 16.0. The molecule has 5 aromatic rings. The summed E-state index contributed by atoms with van der Waals surface area (Å²) in [6.45, 7) is 0. The third-order valence-electron chi connectivity index (χ3n) is 7.31. The molecule has 0 saturated carbocycles. The number of thioether (sulfide) groups is 1. The SMILES string of the molecule is COc1cccc(/C=C(/NC(=O)c2ccccc2)C(=O)Nc2cccc(SC(C(=O)Nc3c(F)c(F)cc(F)c3F)c3ccccc3)c2)c1OC. The minimum absolute atomic E-state index is 0.0461. The van der Waals surface area contributed by atoms with E-state index in [1.807, 2.05) is 5.32 Å². The second-order valence-electron chi connectivity index (χ2n) is 10.7. The van der Waals surface area contributed by atoms with E-state index in [9.17, 15) is 31.9 Å². The van der Waals surface area contributed by atoms with Crippen LogP contribution < -0.4 is 25.4 Å². The minimum atomic E-state index is -1.75. The maximum Gasteiger partial charge on any atom is 0.272 e. The van der Waals surface area contributed by atoms with Gasteiger partial charge in [0, 0.05) is 27.8 Å². The maximum absolute atomic E-state index is 14.4. The third kappa shape index (κ3) is 8.75. The van der Waals surface area contributed by atoms with Gasteiger partial charge in [-0.15, -0.1) is 11.8 Å². The van der Waals surface area contributed by atoms with Crippen LogP contribution in [0.1, 0.15) is 26.7 Å². The molecule has 3 N–H and O–H groups in total. The number of ether oxygens (including phenoxy) is 2. The Morgan fingerprint density at radius 3 is 2.02 bits per heavy atom. The lowest BCUT2D eigenvalue weighted by Crippen LogP contribution is -2.30. The monoisotopic (exact) mass is 715 g/mol. The Bertz CT molecular complexity index is 2070. The summed E-state index contributed by atoms with van der Waals surface area (Å²) in [5, 5.41) is 6.22. The van der Waals surface area contributed by atoms with Crippen molar-refractivity contribution in [2.45, 2.75) is 10.1 Å². The Kier molecular flexibility index (Phi) is 11.7. The lowest BCUT2D eigenvalue weighted by atomic mass is 10.1. The molecule has 5 aromatic carbocycles. The molecule has 1 unspecified atom stereocenters. The molecule has 1 atom stereocenters. The minimum Gasteiger partial charge on any atom is -0.493 e. The van der Waals surface area contributed by atoms with Gasteiger partial charge in [0.15, 0.2) is 34.8 Å². The van der Waals surface area contributed by atoms with Gasteiger partial charge in [0.05, 0.1) is 14.2 Å². The largest absolute Gasteiger partial charge is 0.493 e. The van der Waals surface area contributed by atoms with E-state index in [1.165, 1.54) is 26.4 Å². The van der Waals surface area contributed by atoms with E-state index in [0.717, 1.165) is 11.8 Å². The fourth-order valence-corrected chi connectivity index (χ4v) is 5.96. The molecule has 8 nitrogen and oxygen atoms in total. The Hall–Kier alpha value is -6.08. The molecule has 0 heterocycles. The predicted octanol–water partition coefficient (Wildman–Crippen LogP) is 8.14. The van der Waals surface area contributed by atoms with Gasteiger partial charge in [-0.3, -0.25) is 14.4 Å². The molecule has 0 spiro atoms. The highest BCUT2D eigenvalue weighted by Gasteiger charge is 2.27. The Morgan fingerprint density at radius 1 is 0.725 bits per heavy atom. The third-order valence-corrected chi connectivity index (χ3v) is 8.56. The Balaban J connectivity index is 1.44. The second kappa shape index (κ2) is 16.5. The molecule has 0 bridgehead atoms. The fraction of sp³-hybridized carbons (Fsp3) is 0.0789. The molecule has 13 heteroatoms. The molecule has 3 amide bonds. The number of para-hydroxylation sites is 1. The molecule has 0 radical (unpaired) electrons. The number of benzene rings is 5. The zero-order chi connectivity index (χ0) is 36.5. The van der Waals surface area contributed by atoms with E-state index in [4.69, 9.17) is 9.47 Å². The summed E-state index contributed by atoms with van der Waals surface area (Å²) in [5.41, 5.74) is 0.0127. The van der Waals surface area contributed by atoms with E-state index in [1.54, 1.807) is 97.1 Å². The number of anilines is 2. The summed E-state index contributed by atoms with van der Waals surface area (Å²) in [6.07, 6.45) is 1.43. The molecule has 260 valence electrons. The van der Waals surface area contributed by atoms with Crippen molar-refractivity contribution in [2.75, 3.05) is 24.9 Å². The molecule has 51 heavy (non-hydrogen) atoms. The highest BCUT2D eigenvalue weighted by molar-refractivity contribution is 8.00. The van der Waals surface area contributed by atoms with Gasteiger partial charge in [-0.25, -0.2) is 17.6 Å². The standard InChI is InChI=1S/C38H29F4N3O5S/c1-49-30-18-9-15-24(34(30)50-2)19-29(44-36(46)23-13-7-4-8-14-23)37(47)43-25-16-10-17-26(20-25)51-35(22-11-5-3-6-12-22)38(48)45-33-31(41)27(39)21-28(40)32(33)42/h3-21,35H,1-2H3,(H,43,47)(H,44,46)(H,45,48)/b29-19+. The summed E-state index contributed by atoms with van der Waals surface area (Å²) in [5.74, 6) is -8.35. The van der Waals surface area contributed by atoms with Crippen LogP contribution in [0.5, 0.6) is 11.5 Å². The fourth-order valence-electron chi connectivity index (χ4n) is 4.88. The first-order chi connectivity index (χ1) is 24.6. The van der Waals surface area contributed by atoms with Gasteiger partial charge in [-0.2, -0.15) is 0 Å². The summed E-state index contributed by atoms with van der Waals surface area (Å²) in [4.78, 5) is 40.8. The molecule has 0 aliphatic heterocycles. The zero-order valence-electron chi connectivity index (χ0n) is 27.0. The lowest BCUT2D eigenvalue weighted by molar-refractivity contribution is -0.116. The van der Waals surface area contributed by atoms with Crippen molar-refractivity contribution >= 4 is 46.9 Å². The van der Waals surface area contributed by atoms with E-state index in [0.29, 0.717) is 33.1 Å². The van der Waals surface area contributed by atoms with Crippen molar-refractivity contribution in [3.63, 3.8) is 0 Å².